The van der Waals surface area contributed by atoms with Crippen molar-refractivity contribution < 1.29 is 5.11 Å². The van der Waals surface area contributed by atoms with E-state index in [0.29, 0.717) is 23.5 Å². The zero-order valence-corrected chi connectivity index (χ0v) is 19.7. The molecule has 1 aliphatic heterocycles. The van der Waals surface area contributed by atoms with Gasteiger partial charge in [0, 0.05) is 37.2 Å². The summed E-state index contributed by atoms with van der Waals surface area (Å²) in [6.07, 6.45) is 1.61. The van der Waals surface area contributed by atoms with Crippen LogP contribution in [0.4, 0.5) is 0 Å². The van der Waals surface area contributed by atoms with Gasteiger partial charge >= 0.3 is 0 Å². The van der Waals surface area contributed by atoms with Crippen molar-refractivity contribution in [2.45, 2.75) is 45.8 Å². The summed E-state index contributed by atoms with van der Waals surface area (Å²) < 4.78 is 0. The van der Waals surface area contributed by atoms with Crippen LogP contribution in [-0.2, 0) is 0 Å². The van der Waals surface area contributed by atoms with Crippen LogP contribution in [0.2, 0.25) is 5.02 Å². The minimum atomic E-state index is -0.629. The number of nitrogens with zero attached hydrogens (tertiary/aromatic N) is 2. The number of rotatable bonds is 7. The summed E-state index contributed by atoms with van der Waals surface area (Å²) in [5, 5.41) is 17.8. The fraction of sp³-hybridized carbons (Fsp3) is 0.650. The van der Waals surface area contributed by atoms with E-state index in [1.807, 2.05) is 12.1 Å². The molecule has 1 heterocycles. The highest BCUT2D eigenvalue weighted by atomic mass is 127. The third-order valence-electron chi connectivity index (χ3n) is 4.57. The molecule has 5 nitrogen and oxygen atoms in total. The van der Waals surface area contributed by atoms with Gasteiger partial charge < -0.3 is 20.6 Å². The van der Waals surface area contributed by atoms with Gasteiger partial charge in [0.15, 0.2) is 5.96 Å². The van der Waals surface area contributed by atoms with Crippen LogP contribution in [0.1, 0.15) is 45.3 Å². The summed E-state index contributed by atoms with van der Waals surface area (Å²) >= 11 is 5.90. The molecule has 2 rings (SSSR count). The predicted molar refractivity (Wildman–Crippen MR) is 125 cm³/mol. The molecule has 1 atom stereocenters. The zero-order valence-electron chi connectivity index (χ0n) is 16.6. The van der Waals surface area contributed by atoms with E-state index in [-0.39, 0.29) is 24.0 Å². The average Bonchev–Trinajstić information content (AvgIpc) is 2.61. The van der Waals surface area contributed by atoms with Crippen LogP contribution in [-0.4, -0.2) is 54.7 Å². The molecule has 0 aromatic heterocycles. The lowest BCUT2D eigenvalue weighted by Crippen LogP contribution is -2.49. The fourth-order valence-corrected chi connectivity index (χ4v) is 3.38. The molecule has 0 radical (unpaired) electrons. The highest BCUT2D eigenvalue weighted by Crippen LogP contribution is 2.17. The Hall–Kier alpha value is -0.570. The van der Waals surface area contributed by atoms with Gasteiger partial charge in [0.2, 0.25) is 0 Å². The molecule has 1 aromatic rings. The third kappa shape index (κ3) is 8.98. The number of nitrogens with one attached hydrogen (secondary N) is 2. The maximum Gasteiger partial charge on any atom is 0.191 e. The molecule has 1 aromatic carbocycles. The summed E-state index contributed by atoms with van der Waals surface area (Å²) in [4.78, 5) is 7.11. The molecule has 0 aliphatic carbocycles. The topological polar surface area (TPSA) is 59.9 Å². The van der Waals surface area contributed by atoms with Crippen molar-refractivity contribution in [1.29, 1.82) is 0 Å². The Bertz CT molecular complexity index is 560. The molecule has 27 heavy (non-hydrogen) atoms. The minimum Gasteiger partial charge on any atom is -0.386 e. The van der Waals surface area contributed by atoms with Gasteiger partial charge in [0.05, 0.1) is 12.6 Å². The molecule has 0 amide bonds. The maximum absolute atomic E-state index is 10.3. The van der Waals surface area contributed by atoms with E-state index in [2.05, 4.69) is 41.3 Å². The first-order valence-electron chi connectivity index (χ1n) is 9.68. The summed E-state index contributed by atoms with van der Waals surface area (Å²) in [6, 6.07) is 7.70. The van der Waals surface area contributed by atoms with Crippen molar-refractivity contribution >= 4 is 41.5 Å². The Labute approximate surface area is 186 Å². The van der Waals surface area contributed by atoms with E-state index >= 15 is 0 Å². The van der Waals surface area contributed by atoms with Gasteiger partial charge in [-0.3, -0.25) is 4.99 Å². The monoisotopic (exact) mass is 508 g/mol. The molecule has 0 saturated carbocycles. The molecule has 0 bridgehead atoms. The first kappa shape index (κ1) is 24.5. The number of hydrogen-bond acceptors (Lipinski definition) is 3. The van der Waals surface area contributed by atoms with Gasteiger partial charge in [-0.1, -0.05) is 37.6 Å². The Morgan fingerprint density at radius 3 is 2.44 bits per heavy atom. The summed E-state index contributed by atoms with van der Waals surface area (Å²) in [5.41, 5.74) is 0.830. The number of piperidine rings is 1. The van der Waals surface area contributed by atoms with Gasteiger partial charge in [-0.05, 0) is 43.4 Å². The van der Waals surface area contributed by atoms with Crippen LogP contribution in [0, 0.1) is 5.92 Å². The molecule has 7 heteroatoms. The second kappa shape index (κ2) is 12.8. The van der Waals surface area contributed by atoms with Crippen LogP contribution in [0.15, 0.2) is 29.3 Å². The summed E-state index contributed by atoms with van der Waals surface area (Å²) in [6.45, 7) is 11.1. The van der Waals surface area contributed by atoms with Crippen LogP contribution in [0.3, 0.4) is 0 Å². The van der Waals surface area contributed by atoms with E-state index in [1.54, 1.807) is 12.1 Å². The molecule has 0 spiro atoms. The van der Waals surface area contributed by atoms with Crippen LogP contribution >= 0.6 is 35.6 Å². The molecular weight excluding hydrogens is 475 g/mol. The zero-order chi connectivity index (χ0) is 18.9. The van der Waals surface area contributed by atoms with E-state index in [4.69, 9.17) is 11.6 Å². The number of aliphatic imine (C=N–C) groups is 1. The first-order valence-corrected chi connectivity index (χ1v) is 10.1. The first-order chi connectivity index (χ1) is 12.5. The molecule has 1 unspecified atom stereocenters. The Kier molecular flexibility index (Phi) is 11.6. The number of halogens is 2. The van der Waals surface area contributed by atoms with Crippen molar-refractivity contribution in [2.24, 2.45) is 10.9 Å². The van der Waals surface area contributed by atoms with Crippen LogP contribution in [0.5, 0.6) is 0 Å². The predicted octanol–water partition coefficient (Wildman–Crippen LogP) is 3.67. The lowest BCUT2D eigenvalue weighted by Gasteiger charge is -2.34. The molecule has 1 fully saturated rings. The Morgan fingerprint density at radius 1 is 1.26 bits per heavy atom. The quantitative estimate of drug-likeness (QED) is 0.299. The van der Waals surface area contributed by atoms with E-state index < -0.39 is 6.10 Å². The van der Waals surface area contributed by atoms with Crippen molar-refractivity contribution in [1.82, 2.24) is 15.5 Å². The molecule has 1 aliphatic rings. The lowest BCUT2D eigenvalue weighted by atomic mass is 10.0. The minimum absolute atomic E-state index is 0. The lowest BCUT2D eigenvalue weighted by molar-refractivity contribution is 0.184. The van der Waals surface area contributed by atoms with E-state index in [0.717, 1.165) is 44.0 Å². The number of aliphatic hydroxyl groups excluding tert-OH is 1. The molecule has 154 valence electrons. The molecule has 1 saturated heterocycles. The highest BCUT2D eigenvalue weighted by Gasteiger charge is 2.20. The van der Waals surface area contributed by atoms with Crippen molar-refractivity contribution in [3.05, 3.63) is 34.9 Å². The van der Waals surface area contributed by atoms with Crippen LogP contribution < -0.4 is 10.6 Å². The standard InChI is InChI=1S/C20H33ClN4O.HI/c1-4-22-20(23-13-19(26)16-5-7-17(21)8-6-16)24-18-9-11-25(12-10-18)14-15(2)3;/h5-8,15,18-19,26H,4,9-14H2,1-3H3,(H2,22,23,24);1H. The molecular formula is C20H34ClIN4O. The summed E-state index contributed by atoms with van der Waals surface area (Å²) in [5.74, 6) is 1.50. The number of aliphatic hydroxyl groups is 1. The van der Waals surface area contributed by atoms with Gasteiger partial charge in [0.25, 0.3) is 0 Å². The van der Waals surface area contributed by atoms with E-state index in [9.17, 15) is 5.11 Å². The smallest absolute Gasteiger partial charge is 0.191 e. The second-order valence-corrected chi connectivity index (χ2v) is 7.84. The third-order valence-corrected chi connectivity index (χ3v) is 4.83. The van der Waals surface area contributed by atoms with Crippen molar-refractivity contribution in [3.8, 4) is 0 Å². The van der Waals surface area contributed by atoms with Gasteiger partial charge in [-0.25, -0.2) is 0 Å². The van der Waals surface area contributed by atoms with Gasteiger partial charge in [-0.15, -0.1) is 24.0 Å². The van der Waals surface area contributed by atoms with Crippen LogP contribution in [0.25, 0.3) is 0 Å². The second-order valence-electron chi connectivity index (χ2n) is 7.40. The van der Waals surface area contributed by atoms with E-state index in [1.165, 1.54) is 6.54 Å². The normalized spacial score (nSPS) is 17.5. The summed E-state index contributed by atoms with van der Waals surface area (Å²) in [7, 11) is 0. The van der Waals surface area contributed by atoms with Gasteiger partial charge in [-0.2, -0.15) is 0 Å². The highest BCUT2D eigenvalue weighted by molar-refractivity contribution is 14.0. The fourth-order valence-electron chi connectivity index (χ4n) is 3.26. The molecule has 3 N–H and O–H groups in total. The number of benzene rings is 1. The number of hydrogen-bond donors (Lipinski definition) is 3. The maximum atomic E-state index is 10.3. The average molecular weight is 509 g/mol. The number of likely N-dealkylation sites (tertiary alicyclic amines) is 1. The largest absolute Gasteiger partial charge is 0.386 e. The number of guanidine groups is 1. The van der Waals surface area contributed by atoms with Gasteiger partial charge in [0.1, 0.15) is 0 Å². The Morgan fingerprint density at radius 2 is 1.89 bits per heavy atom. The van der Waals surface area contributed by atoms with Crippen molar-refractivity contribution in [2.75, 3.05) is 32.7 Å². The Balaban J connectivity index is 0.00000364. The SMILES string of the molecule is CCNC(=NCC(O)c1ccc(Cl)cc1)NC1CCN(CC(C)C)CC1.I. The van der Waals surface area contributed by atoms with Crippen molar-refractivity contribution in [3.63, 3.8) is 0 Å².